The Bertz CT molecular complexity index is 965. The van der Waals surface area contributed by atoms with E-state index in [1.54, 1.807) is 35.2 Å². The molecule has 0 bridgehead atoms. The Morgan fingerprint density at radius 2 is 1.72 bits per heavy atom. The Balaban J connectivity index is 1.61. The molecule has 0 spiro atoms. The number of esters is 1. The van der Waals surface area contributed by atoms with Crippen LogP contribution in [0.1, 0.15) is 36.7 Å². The van der Waals surface area contributed by atoms with E-state index in [-0.39, 0.29) is 6.09 Å². The molecule has 1 aliphatic heterocycles. The molecule has 1 fully saturated rings. The van der Waals surface area contributed by atoms with Crippen LogP contribution in [0.5, 0.6) is 11.5 Å². The van der Waals surface area contributed by atoms with Gasteiger partial charge in [0.15, 0.2) is 0 Å². The lowest BCUT2D eigenvalue weighted by Gasteiger charge is -2.35. The molecule has 32 heavy (non-hydrogen) atoms. The van der Waals surface area contributed by atoms with Crippen LogP contribution in [0.25, 0.3) is 0 Å². The Kier molecular flexibility index (Phi) is 7.64. The molecular formula is C24H29ClN2O5. The van der Waals surface area contributed by atoms with E-state index >= 15 is 0 Å². The van der Waals surface area contributed by atoms with Crippen LogP contribution in [-0.4, -0.2) is 60.8 Å². The van der Waals surface area contributed by atoms with Crippen LogP contribution in [0.4, 0.5) is 4.79 Å². The lowest BCUT2D eigenvalue weighted by molar-refractivity contribution is 0.0139. The van der Waals surface area contributed by atoms with Crippen molar-refractivity contribution in [1.82, 2.24) is 9.80 Å². The molecule has 0 saturated carbocycles. The highest BCUT2D eigenvalue weighted by atomic mass is 35.5. The van der Waals surface area contributed by atoms with Gasteiger partial charge in [0.25, 0.3) is 0 Å². The van der Waals surface area contributed by atoms with Crippen molar-refractivity contribution in [3.05, 3.63) is 58.6 Å². The molecule has 3 rings (SSSR count). The maximum Gasteiger partial charge on any atom is 0.410 e. The molecule has 0 atom stereocenters. The maximum atomic E-state index is 12.2. The quantitative estimate of drug-likeness (QED) is 0.587. The standard InChI is InChI=1S/C24H29ClN2O5/c1-24(2,3)32-23(29)27-10-8-26(9-11-27)16-17-12-19(25)15-21(13-17)31-20-7-5-6-18(14-20)22(28)30-4/h5-7,12-15H,8-11,16H2,1-4H3. The normalized spacial score (nSPS) is 14.7. The van der Waals surface area contributed by atoms with Crippen LogP contribution in [0.3, 0.4) is 0 Å². The number of piperazine rings is 1. The van der Waals surface area contributed by atoms with E-state index in [1.807, 2.05) is 32.9 Å². The monoisotopic (exact) mass is 460 g/mol. The van der Waals surface area contributed by atoms with Crippen LogP contribution in [-0.2, 0) is 16.0 Å². The first kappa shape index (κ1) is 23.9. The number of methoxy groups -OCH3 is 1. The van der Waals surface area contributed by atoms with Gasteiger partial charge in [-0.15, -0.1) is 0 Å². The molecule has 0 aliphatic carbocycles. The molecule has 8 heteroatoms. The van der Waals surface area contributed by atoms with Crippen molar-refractivity contribution in [2.45, 2.75) is 32.9 Å². The summed E-state index contributed by atoms with van der Waals surface area (Å²) in [5.74, 6) is 0.682. The first-order valence-electron chi connectivity index (χ1n) is 10.5. The smallest absolute Gasteiger partial charge is 0.410 e. The number of nitrogens with zero attached hydrogens (tertiary/aromatic N) is 2. The third kappa shape index (κ3) is 6.87. The number of ether oxygens (including phenoxy) is 3. The van der Waals surface area contributed by atoms with Crippen LogP contribution in [0.15, 0.2) is 42.5 Å². The number of carbonyl (C=O) groups excluding carboxylic acids is 2. The van der Waals surface area contributed by atoms with Gasteiger partial charge in [0, 0.05) is 37.7 Å². The number of halogens is 1. The minimum atomic E-state index is -0.498. The second kappa shape index (κ2) is 10.2. The Labute approximate surface area is 193 Å². The number of benzene rings is 2. The van der Waals surface area contributed by atoms with Gasteiger partial charge in [0.2, 0.25) is 0 Å². The van der Waals surface area contributed by atoms with Gasteiger partial charge in [-0.2, -0.15) is 0 Å². The zero-order chi connectivity index (χ0) is 23.3. The molecule has 0 unspecified atom stereocenters. The lowest BCUT2D eigenvalue weighted by atomic mass is 10.1. The van der Waals surface area contributed by atoms with Gasteiger partial charge in [-0.05, 0) is 62.7 Å². The van der Waals surface area contributed by atoms with Crippen LogP contribution >= 0.6 is 11.6 Å². The first-order chi connectivity index (χ1) is 15.1. The number of hydrogen-bond donors (Lipinski definition) is 0. The molecule has 1 amide bonds. The van der Waals surface area contributed by atoms with Crippen molar-refractivity contribution in [1.29, 1.82) is 0 Å². The molecule has 0 N–H and O–H groups in total. The molecule has 2 aromatic carbocycles. The highest BCUT2D eigenvalue weighted by Gasteiger charge is 2.26. The average molecular weight is 461 g/mol. The Hall–Kier alpha value is -2.77. The van der Waals surface area contributed by atoms with Gasteiger partial charge in [-0.3, -0.25) is 4.90 Å². The average Bonchev–Trinajstić information content (AvgIpc) is 2.72. The summed E-state index contributed by atoms with van der Waals surface area (Å²) in [5.41, 5.74) is 0.916. The summed E-state index contributed by atoms with van der Waals surface area (Å²) in [6.45, 7) is 8.98. The van der Waals surface area contributed by atoms with Gasteiger partial charge < -0.3 is 19.1 Å². The molecule has 7 nitrogen and oxygen atoms in total. The van der Waals surface area contributed by atoms with E-state index in [0.29, 0.717) is 41.7 Å². The Morgan fingerprint density at radius 1 is 1.00 bits per heavy atom. The topological polar surface area (TPSA) is 68.3 Å². The summed E-state index contributed by atoms with van der Waals surface area (Å²) >= 11 is 6.32. The van der Waals surface area contributed by atoms with Crippen LogP contribution in [0.2, 0.25) is 5.02 Å². The largest absolute Gasteiger partial charge is 0.465 e. The van der Waals surface area contributed by atoms with Gasteiger partial charge in [-0.1, -0.05) is 17.7 Å². The van der Waals surface area contributed by atoms with Gasteiger partial charge in [0.05, 0.1) is 12.7 Å². The predicted octanol–water partition coefficient (Wildman–Crippen LogP) is 4.97. The minimum absolute atomic E-state index is 0.273. The molecule has 1 saturated heterocycles. The van der Waals surface area contributed by atoms with E-state index in [0.717, 1.165) is 18.7 Å². The summed E-state index contributed by atoms with van der Waals surface area (Å²) < 4.78 is 16.2. The van der Waals surface area contributed by atoms with Crippen molar-refractivity contribution < 1.29 is 23.8 Å². The maximum absolute atomic E-state index is 12.2. The van der Waals surface area contributed by atoms with Gasteiger partial charge in [0.1, 0.15) is 17.1 Å². The molecule has 0 radical (unpaired) electrons. The number of rotatable bonds is 5. The molecule has 2 aromatic rings. The second-order valence-corrected chi connectivity index (χ2v) is 9.10. The zero-order valence-electron chi connectivity index (χ0n) is 18.9. The first-order valence-corrected chi connectivity index (χ1v) is 10.9. The number of hydrogen-bond acceptors (Lipinski definition) is 6. The fraction of sp³-hybridized carbons (Fsp3) is 0.417. The third-order valence-corrected chi connectivity index (χ3v) is 5.07. The zero-order valence-corrected chi connectivity index (χ0v) is 19.6. The van der Waals surface area contributed by atoms with E-state index in [2.05, 4.69) is 4.90 Å². The van der Waals surface area contributed by atoms with Gasteiger partial charge >= 0.3 is 12.1 Å². The van der Waals surface area contributed by atoms with Crippen molar-refractivity contribution >= 4 is 23.7 Å². The summed E-state index contributed by atoms with van der Waals surface area (Å²) in [6, 6.07) is 12.4. The Morgan fingerprint density at radius 3 is 2.38 bits per heavy atom. The van der Waals surface area contributed by atoms with Crippen LogP contribution in [0, 0.1) is 0 Å². The third-order valence-electron chi connectivity index (χ3n) is 4.85. The molecule has 1 heterocycles. The van der Waals surface area contributed by atoms with Crippen molar-refractivity contribution in [2.24, 2.45) is 0 Å². The molecule has 1 aliphatic rings. The summed E-state index contributed by atoms with van der Waals surface area (Å²) in [5, 5.41) is 0.564. The molecular weight excluding hydrogens is 432 g/mol. The minimum Gasteiger partial charge on any atom is -0.465 e. The summed E-state index contributed by atoms with van der Waals surface area (Å²) in [6.07, 6.45) is -0.273. The van der Waals surface area contributed by atoms with E-state index in [9.17, 15) is 9.59 Å². The fourth-order valence-electron chi connectivity index (χ4n) is 3.38. The molecule has 172 valence electrons. The van der Waals surface area contributed by atoms with E-state index < -0.39 is 11.6 Å². The second-order valence-electron chi connectivity index (χ2n) is 8.66. The summed E-state index contributed by atoms with van der Waals surface area (Å²) in [4.78, 5) is 28.0. The van der Waals surface area contributed by atoms with Crippen molar-refractivity contribution in [3.8, 4) is 11.5 Å². The van der Waals surface area contributed by atoms with Crippen LogP contribution < -0.4 is 4.74 Å². The van der Waals surface area contributed by atoms with Crippen molar-refractivity contribution in [3.63, 3.8) is 0 Å². The number of amides is 1. The highest BCUT2D eigenvalue weighted by Crippen LogP contribution is 2.28. The van der Waals surface area contributed by atoms with E-state index in [1.165, 1.54) is 7.11 Å². The lowest BCUT2D eigenvalue weighted by Crippen LogP contribution is -2.49. The van der Waals surface area contributed by atoms with Crippen molar-refractivity contribution in [2.75, 3.05) is 33.3 Å². The summed E-state index contributed by atoms with van der Waals surface area (Å²) in [7, 11) is 1.34. The number of carbonyl (C=O) groups is 2. The van der Waals surface area contributed by atoms with E-state index in [4.69, 9.17) is 25.8 Å². The van der Waals surface area contributed by atoms with Gasteiger partial charge in [-0.25, -0.2) is 9.59 Å². The fourth-order valence-corrected chi connectivity index (χ4v) is 3.63. The highest BCUT2D eigenvalue weighted by molar-refractivity contribution is 6.30. The molecule has 0 aromatic heterocycles. The SMILES string of the molecule is COC(=O)c1cccc(Oc2cc(Cl)cc(CN3CCN(C(=O)OC(C)(C)C)CC3)c2)c1. The predicted molar refractivity (Wildman–Crippen MR) is 122 cm³/mol.